The quantitative estimate of drug-likeness (QED) is 0.346. The van der Waals surface area contributed by atoms with Crippen molar-refractivity contribution in [3.63, 3.8) is 0 Å². The maximum Gasteiger partial charge on any atom is 0.312 e. The second kappa shape index (κ2) is 9.48. The summed E-state index contributed by atoms with van der Waals surface area (Å²) < 4.78 is 36.6. The van der Waals surface area contributed by atoms with Crippen molar-refractivity contribution in [2.24, 2.45) is 0 Å². The summed E-state index contributed by atoms with van der Waals surface area (Å²) in [4.78, 5) is 21.9. The van der Waals surface area contributed by atoms with Crippen molar-refractivity contribution in [2.75, 3.05) is 20.2 Å². The molecule has 156 valence electrons. The van der Waals surface area contributed by atoms with Crippen LogP contribution in [0.3, 0.4) is 0 Å². The fraction of sp³-hybridized carbons (Fsp3) is 0.316. The number of benzene rings is 2. The topological polar surface area (TPSA) is 116 Å². The van der Waals surface area contributed by atoms with Gasteiger partial charge in [0, 0.05) is 19.2 Å². The maximum absolute atomic E-state index is 12.6. The van der Waals surface area contributed by atoms with Crippen molar-refractivity contribution in [1.82, 2.24) is 4.31 Å². The van der Waals surface area contributed by atoms with Gasteiger partial charge in [0.2, 0.25) is 15.8 Å². The minimum atomic E-state index is -3.84. The fourth-order valence-electron chi connectivity index (χ4n) is 2.64. The molecule has 0 atom stereocenters. The molecule has 0 aliphatic carbocycles. The Morgan fingerprint density at radius 3 is 2.24 bits per heavy atom. The SMILES string of the molecule is CCN(CC)S(=O)(=O)c1ccc(Oc2ccc(CC(=O)OC)cc2)c([N+](=O)[O-])c1. The Bertz CT molecular complexity index is 984. The van der Waals surface area contributed by atoms with E-state index in [1.807, 2.05) is 0 Å². The summed E-state index contributed by atoms with van der Waals surface area (Å²) in [5.74, 6) is -0.172. The van der Waals surface area contributed by atoms with Crippen LogP contribution in [0.5, 0.6) is 11.5 Å². The lowest BCUT2D eigenvalue weighted by Gasteiger charge is -2.18. The number of ether oxygens (including phenoxy) is 2. The average molecular weight is 422 g/mol. The predicted octanol–water partition coefficient (Wildman–Crippen LogP) is 3.13. The molecule has 0 aliphatic rings. The van der Waals surface area contributed by atoms with Gasteiger partial charge in [0.15, 0.2) is 0 Å². The third-order valence-corrected chi connectivity index (χ3v) is 6.24. The van der Waals surface area contributed by atoms with E-state index in [0.29, 0.717) is 11.3 Å². The summed E-state index contributed by atoms with van der Waals surface area (Å²) in [7, 11) is -2.54. The van der Waals surface area contributed by atoms with E-state index in [2.05, 4.69) is 4.74 Å². The van der Waals surface area contributed by atoms with Gasteiger partial charge >= 0.3 is 11.7 Å². The Hall–Kier alpha value is -2.98. The number of sulfonamides is 1. The minimum Gasteiger partial charge on any atom is -0.469 e. The lowest BCUT2D eigenvalue weighted by molar-refractivity contribution is -0.385. The minimum absolute atomic E-state index is 0.0887. The molecule has 0 bridgehead atoms. The number of hydrogen-bond acceptors (Lipinski definition) is 7. The Morgan fingerprint density at radius 1 is 1.10 bits per heavy atom. The molecule has 0 radical (unpaired) electrons. The molecule has 0 heterocycles. The van der Waals surface area contributed by atoms with Gasteiger partial charge in [0.05, 0.1) is 23.3 Å². The van der Waals surface area contributed by atoms with E-state index < -0.39 is 20.6 Å². The van der Waals surface area contributed by atoms with Crippen molar-refractivity contribution in [2.45, 2.75) is 25.2 Å². The molecular formula is C19H22N2O7S. The van der Waals surface area contributed by atoms with Gasteiger partial charge in [0.25, 0.3) is 0 Å². The molecule has 2 aromatic carbocycles. The summed E-state index contributed by atoms with van der Waals surface area (Å²) >= 11 is 0. The fourth-order valence-corrected chi connectivity index (χ4v) is 4.12. The molecule has 0 fully saturated rings. The lowest BCUT2D eigenvalue weighted by atomic mass is 10.1. The van der Waals surface area contributed by atoms with Crippen LogP contribution < -0.4 is 4.74 Å². The maximum atomic E-state index is 12.6. The molecule has 0 aromatic heterocycles. The van der Waals surface area contributed by atoms with Gasteiger partial charge < -0.3 is 9.47 Å². The molecule has 9 nitrogen and oxygen atoms in total. The molecule has 2 aromatic rings. The van der Waals surface area contributed by atoms with E-state index in [4.69, 9.17) is 4.74 Å². The predicted molar refractivity (Wildman–Crippen MR) is 105 cm³/mol. The first kappa shape index (κ1) is 22.3. The Kier molecular flexibility index (Phi) is 7.29. The van der Waals surface area contributed by atoms with Gasteiger partial charge in [-0.1, -0.05) is 26.0 Å². The van der Waals surface area contributed by atoms with Crippen LogP contribution in [-0.4, -0.2) is 43.8 Å². The van der Waals surface area contributed by atoms with E-state index in [-0.39, 0.29) is 36.1 Å². The zero-order chi connectivity index (χ0) is 21.6. The Morgan fingerprint density at radius 2 is 1.72 bits per heavy atom. The third-order valence-electron chi connectivity index (χ3n) is 4.20. The summed E-state index contributed by atoms with van der Waals surface area (Å²) in [6.45, 7) is 3.89. The van der Waals surface area contributed by atoms with E-state index in [0.717, 1.165) is 6.07 Å². The number of nitro benzene ring substituents is 1. The number of nitrogens with zero attached hydrogens (tertiary/aromatic N) is 2. The van der Waals surface area contributed by atoms with Crippen LogP contribution in [0.25, 0.3) is 0 Å². The highest BCUT2D eigenvalue weighted by atomic mass is 32.2. The summed E-state index contributed by atoms with van der Waals surface area (Å²) in [5.41, 5.74) is 0.233. The molecule has 0 spiro atoms. The highest BCUT2D eigenvalue weighted by Crippen LogP contribution is 2.34. The van der Waals surface area contributed by atoms with E-state index in [1.54, 1.807) is 38.1 Å². The first-order valence-electron chi connectivity index (χ1n) is 8.85. The number of carbonyl (C=O) groups excluding carboxylic acids is 1. The first-order chi connectivity index (χ1) is 13.7. The normalized spacial score (nSPS) is 11.3. The number of hydrogen-bond donors (Lipinski definition) is 0. The number of nitro groups is 1. The number of methoxy groups -OCH3 is 1. The average Bonchev–Trinajstić information content (AvgIpc) is 2.70. The van der Waals surface area contributed by atoms with Crippen LogP contribution in [0, 0.1) is 10.1 Å². The van der Waals surface area contributed by atoms with E-state index in [9.17, 15) is 23.3 Å². The van der Waals surface area contributed by atoms with Crippen LogP contribution in [0.4, 0.5) is 5.69 Å². The van der Waals surface area contributed by atoms with Crippen LogP contribution in [-0.2, 0) is 26.0 Å². The highest BCUT2D eigenvalue weighted by Gasteiger charge is 2.26. The van der Waals surface area contributed by atoms with Gasteiger partial charge in [0.1, 0.15) is 5.75 Å². The summed E-state index contributed by atoms with van der Waals surface area (Å²) in [6.07, 6.45) is 0.0921. The first-order valence-corrected chi connectivity index (χ1v) is 10.3. The molecule has 0 amide bonds. The van der Waals surface area contributed by atoms with Crippen molar-refractivity contribution < 1.29 is 27.6 Å². The molecule has 2 rings (SSSR count). The largest absolute Gasteiger partial charge is 0.469 e. The highest BCUT2D eigenvalue weighted by molar-refractivity contribution is 7.89. The van der Waals surface area contributed by atoms with E-state index >= 15 is 0 Å². The van der Waals surface area contributed by atoms with Crippen molar-refractivity contribution in [1.29, 1.82) is 0 Å². The molecule has 10 heteroatoms. The van der Waals surface area contributed by atoms with Gasteiger partial charge in [-0.15, -0.1) is 0 Å². The molecule has 0 N–H and O–H groups in total. The Labute approximate surface area is 169 Å². The van der Waals surface area contributed by atoms with Crippen LogP contribution in [0.1, 0.15) is 19.4 Å². The van der Waals surface area contributed by atoms with Crippen molar-refractivity contribution in [3.8, 4) is 11.5 Å². The summed E-state index contributed by atoms with van der Waals surface area (Å²) in [5, 5.41) is 11.5. The number of esters is 1. The number of rotatable bonds is 9. The van der Waals surface area contributed by atoms with Crippen molar-refractivity contribution in [3.05, 3.63) is 58.1 Å². The van der Waals surface area contributed by atoms with Gasteiger partial charge in [-0.2, -0.15) is 4.31 Å². The molecule has 0 unspecified atom stereocenters. The smallest absolute Gasteiger partial charge is 0.312 e. The third kappa shape index (κ3) is 5.30. The van der Waals surface area contributed by atoms with Gasteiger partial charge in [-0.05, 0) is 29.8 Å². The molecule has 0 aliphatic heterocycles. The second-order valence-electron chi connectivity index (χ2n) is 5.97. The number of carbonyl (C=O) groups is 1. The molecular weight excluding hydrogens is 400 g/mol. The van der Waals surface area contributed by atoms with Crippen LogP contribution >= 0.6 is 0 Å². The van der Waals surface area contributed by atoms with Crippen LogP contribution in [0.15, 0.2) is 47.4 Å². The molecule has 0 saturated carbocycles. The molecule has 29 heavy (non-hydrogen) atoms. The van der Waals surface area contributed by atoms with Gasteiger partial charge in [-0.3, -0.25) is 14.9 Å². The van der Waals surface area contributed by atoms with Crippen molar-refractivity contribution >= 4 is 21.7 Å². The Balaban J connectivity index is 2.32. The lowest BCUT2D eigenvalue weighted by Crippen LogP contribution is -2.30. The zero-order valence-corrected chi connectivity index (χ0v) is 17.1. The monoisotopic (exact) mass is 422 g/mol. The zero-order valence-electron chi connectivity index (χ0n) is 16.3. The summed E-state index contributed by atoms with van der Waals surface area (Å²) in [6, 6.07) is 9.92. The molecule has 0 saturated heterocycles. The second-order valence-corrected chi connectivity index (χ2v) is 7.91. The standard InChI is InChI=1S/C19H22N2O7S/c1-4-20(5-2)29(25,26)16-10-11-18(17(13-16)21(23)24)28-15-8-6-14(7-9-15)12-19(22)27-3/h6-11,13H,4-5,12H2,1-3H3. The van der Waals surface area contributed by atoms with E-state index in [1.165, 1.54) is 23.5 Å². The van der Waals surface area contributed by atoms with Crippen LogP contribution in [0.2, 0.25) is 0 Å². The van der Waals surface area contributed by atoms with Gasteiger partial charge in [-0.25, -0.2) is 8.42 Å².